The molecule has 1 aromatic rings. The molecule has 0 N–H and O–H groups in total. The van der Waals surface area contributed by atoms with Crippen molar-refractivity contribution >= 4 is 5.91 Å². The monoisotopic (exact) mass is 427 g/mol. The maximum absolute atomic E-state index is 12.8. The molecule has 0 bridgehead atoms. The van der Waals surface area contributed by atoms with Crippen molar-refractivity contribution in [1.82, 2.24) is 14.9 Å². The van der Waals surface area contributed by atoms with Gasteiger partial charge in [0.1, 0.15) is 0 Å². The van der Waals surface area contributed by atoms with Crippen molar-refractivity contribution in [2.24, 2.45) is 5.92 Å². The van der Waals surface area contributed by atoms with Gasteiger partial charge in [0, 0.05) is 39.6 Å². The summed E-state index contributed by atoms with van der Waals surface area (Å²) in [5, 5.41) is 1.87. The van der Waals surface area contributed by atoms with Gasteiger partial charge in [-0.25, -0.2) is 0 Å². The zero-order chi connectivity index (χ0) is 21.6. The van der Waals surface area contributed by atoms with Crippen LogP contribution in [0.3, 0.4) is 0 Å². The van der Waals surface area contributed by atoms with E-state index in [1.807, 2.05) is 17.0 Å². The number of hydrogen-bond donors (Lipinski definition) is 0. The predicted molar refractivity (Wildman–Crippen MR) is 109 cm³/mol. The summed E-state index contributed by atoms with van der Waals surface area (Å²) < 4.78 is 38.5. The first-order valence-corrected chi connectivity index (χ1v) is 10.8. The maximum atomic E-state index is 12.8. The van der Waals surface area contributed by atoms with E-state index >= 15 is 0 Å². The van der Waals surface area contributed by atoms with Crippen molar-refractivity contribution < 1.29 is 22.8 Å². The van der Waals surface area contributed by atoms with Crippen LogP contribution in [0.25, 0.3) is 0 Å². The lowest BCUT2D eigenvalue weighted by molar-refractivity contribution is -0.138. The minimum Gasteiger partial charge on any atom is -0.345 e. The number of hydroxylamine groups is 2. The highest BCUT2D eigenvalue weighted by Gasteiger charge is 2.30. The van der Waals surface area contributed by atoms with Gasteiger partial charge in [0.05, 0.1) is 12.2 Å². The van der Waals surface area contributed by atoms with Crippen molar-refractivity contribution in [1.29, 1.82) is 0 Å². The van der Waals surface area contributed by atoms with Gasteiger partial charge in [-0.1, -0.05) is 18.2 Å². The molecule has 2 fully saturated rings. The predicted octanol–water partition coefficient (Wildman–Crippen LogP) is 3.45. The second-order valence-corrected chi connectivity index (χ2v) is 8.37. The average Bonchev–Trinajstić information content (AvgIpc) is 3.25. The molecule has 0 spiro atoms. The number of rotatable bonds is 8. The van der Waals surface area contributed by atoms with Crippen molar-refractivity contribution in [3.05, 3.63) is 35.4 Å². The first kappa shape index (κ1) is 23.0. The van der Waals surface area contributed by atoms with Crippen molar-refractivity contribution in [2.45, 2.75) is 38.3 Å². The molecule has 1 aromatic carbocycles. The smallest absolute Gasteiger partial charge is 0.345 e. The van der Waals surface area contributed by atoms with Crippen LogP contribution < -0.4 is 0 Å². The number of hydrogen-bond acceptors (Lipinski definition) is 4. The van der Waals surface area contributed by atoms with E-state index in [4.69, 9.17) is 4.84 Å². The summed E-state index contributed by atoms with van der Waals surface area (Å²) in [6.07, 6.45) is -0.154. The number of carbonyl (C=O) groups is 1. The molecular formula is C22H32F3N3O2. The number of amides is 1. The summed E-state index contributed by atoms with van der Waals surface area (Å²) in [4.78, 5) is 21.9. The van der Waals surface area contributed by atoms with Gasteiger partial charge in [-0.05, 0) is 56.3 Å². The Kier molecular flexibility index (Phi) is 8.13. The van der Waals surface area contributed by atoms with Crippen LogP contribution in [0.5, 0.6) is 0 Å². The lowest BCUT2D eigenvalue weighted by Crippen LogP contribution is -2.40. The van der Waals surface area contributed by atoms with Crippen LogP contribution in [0.15, 0.2) is 24.3 Å². The molecule has 2 heterocycles. The Morgan fingerprint density at radius 3 is 2.63 bits per heavy atom. The van der Waals surface area contributed by atoms with Crippen molar-refractivity contribution in [3.63, 3.8) is 0 Å². The molecule has 3 rings (SSSR count). The van der Waals surface area contributed by atoms with E-state index in [2.05, 4.69) is 4.90 Å². The van der Waals surface area contributed by atoms with Crippen LogP contribution >= 0.6 is 0 Å². The van der Waals surface area contributed by atoms with Gasteiger partial charge in [0.2, 0.25) is 5.91 Å². The molecule has 30 heavy (non-hydrogen) atoms. The number of nitrogens with zero attached hydrogens (tertiary/aromatic N) is 3. The van der Waals surface area contributed by atoms with Crippen LogP contribution in [0, 0.1) is 5.92 Å². The highest BCUT2D eigenvalue weighted by atomic mass is 19.4. The van der Waals surface area contributed by atoms with Crippen LogP contribution in [-0.4, -0.2) is 73.7 Å². The first-order valence-electron chi connectivity index (χ1n) is 10.8. The second kappa shape index (κ2) is 10.6. The lowest BCUT2D eigenvalue weighted by atomic mass is 9.95. The molecule has 0 unspecified atom stereocenters. The normalized spacial score (nSPS) is 19.3. The third-order valence-corrected chi connectivity index (χ3v) is 6.04. The Morgan fingerprint density at radius 2 is 1.97 bits per heavy atom. The largest absolute Gasteiger partial charge is 0.416 e. The van der Waals surface area contributed by atoms with Gasteiger partial charge in [0.25, 0.3) is 0 Å². The van der Waals surface area contributed by atoms with Gasteiger partial charge in [-0.2, -0.15) is 18.2 Å². The SMILES string of the molecule is CN(CC1CCN(CCc2cccc(C(F)(F)F)c2)CC1)C(=O)CCN1CCCO1. The van der Waals surface area contributed by atoms with Gasteiger partial charge >= 0.3 is 6.18 Å². The highest BCUT2D eigenvalue weighted by molar-refractivity contribution is 5.76. The summed E-state index contributed by atoms with van der Waals surface area (Å²) in [5.74, 6) is 0.629. The number of likely N-dealkylation sites (tertiary alicyclic amines) is 1. The summed E-state index contributed by atoms with van der Waals surface area (Å²) in [6, 6.07) is 5.61. The molecule has 0 aromatic heterocycles. The fourth-order valence-corrected chi connectivity index (χ4v) is 4.16. The van der Waals surface area contributed by atoms with Crippen molar-refractivity contribution in [3.8, 4) is 0 Å². The molecular weight excluding hydrogens is 395 g/mol. The molecule has 5 nitrogen and oxygen atoms in total. The Morgan fingerprint density at radius 1 is 1.20 bits per heavy atom. The van der Waals surface area contributed by atoms with Crippen molar-refractivity contribution in [2.75, 3.05) is 52.9 Å². The Balaban J connectivity index is 1.35. The van der Waals surface area contributed by atoms with Crippen LogP contribution in [0.2, 0.25) is 0 Å². The molecule has 0 aliphatic carbocycles. The van der Waals surface area contributed by atoms with Gasteiger partial charge in [-0.3, -0.25) is 9.63 Å². The van der Waals surface area contributed by atoms with Gasteiger partial charge in [-0.15, -0.1) is 0 Å². The molecule has 168 valence electrons. The Hall–Kier alpha value is -1.64. The lowest BCUT2D eigenvalue weighted by Gasteiger charge is -2.34. The molecule has 8 heteroatoms. The number of carbonyl (C=O) groups excluding carboxylic acids is 1. The second-order valence-electron chi connectivity index (χ2n) is 8.37. The highest BCUT2D eigenvalue weighted by Crippen LogP contribution is 2.29. The fraction of sp³-hybridized carbons (Fsp3) is 0.682. The van der Waals surface area contributed by atoms with E-state index < -0.39 is 11.7 Å². The average molecular weight is 428 g/mol. The molecule has 1 amide bonds. The van der Waals surface area contributed by atoms with Crippen LogP contribution in [-0.2, 0) is 22.2 Å². The minimum atomic E-state index is -4.29. The zero-order valence-electron chi connectivity index (χ0n) is 17.7. The molecule has 2 aliphatic heterocycles. The van der Waals surface area contributed by atoms with Crippen LogP contribution in [0.1, 0.15) is 36.8 Å². The minimum absolute atomic E-state index is 0.150. The standard InChI is InChI=1S/C22H32F3N3O2/c1-26(21(29)9-14-28-10-3-15-30-28)17-19-7-12-27(13-8-19)11-6-18-4-2-5-20(16-18)22(23,24)25/h2,4-5,16,19H,3,6-15,17H2,1H3. The number of alkyl halides is 3. The number of halogens is 3. The Labute approximate surface area is 176 Å². The van der Waals surface area contributed by atoms with E-state index in [0.29, 0.717) is 25.3 Å². The van der Waals surface area contributed by atoms with Gasteiger partial charge in [0.15, 0.2) is 0 Å². The van der Waals surface area contributed by atoms with E-state index in [9.17, 15) is 18.0 Å². The summed E-state index contributed by atoms with van der Waals surface area (Å²) in [6.45, 7) is 5.67. The molecule has 2 saturated heterocycles. The molecule has 0 radical (unpaired) electrons. The third-order valence-electron chi connectivity index (χ3n) is 6.04. The summed E-state index contributed by atoms with van der Waals surface area (Å²) in [7, 11) is 1.87. The van der Waals surface area contributed by atoms with Gasteiger partial charge < -0.3 is 9.80 Å². The maximum Gasteiger partial charge on any atom is 0.416 e. The molecule has 2 aliphatic rings. The topological polar surface area (TPSA) is 36.0 Å². The summed E-state index contributed by atoms with van der Waals surface area (Å²) >= 11 is 0. The van der Waals surface area contributed by atoms with E-state index in [1.54, 1.807) is 6.07 Å². The molecule has 0 atom stereocenters. The third kappa shape index (κ3) is 6.96. The quantitative estimate of drug-likeness (QED) is 0.637. The Bertz CT molecular complexity index is 684. The number of piperidine rings is 1. The first-order chi connectivity index (χ1) is 14.3. The zero-order valence-corrected chi connectivity index (χ0v) is 17.7. The van der Waals surface area contributed by atoms with E-state index in [0.717, 1.165) is 70.2 Å². The van der Waals surface area contributed by atoms with E-state index in [-0.39, 0.29) is 5.91 Å². The van der Waals surface area contributed by atoms with Crippen LogP contribution in [0.4, 0.5) is 13.2 Å². The fourth-order valence-electron chi connectivity index (χ4n) is 4.16. The molecule has 0 saturated carbocycles. The summed E-state index contributed by atoms with van der Waals surface area (Å²) in [5.41, 5.74) is 0.141. The van der Waals surface area contributed by atoms with E-state index in [1.165, 1.54) is 12.1 Å². The number of benzene rings is 1.